The van der Waals surface area contributed by atoms with Gasteiger partial charge in [-0.2, -0.15) is 0 Å². The van der Waals surface area contributed by atoms with Gasteiger partial charge in [0.1, 0.15) is 0 Å². The molecule has 0 bridgehead atoms. The van der Waals surface area contributed by atoms with Crippen LogP contribution in [0.3, 0.4) is 0 Å². The second kappa shape index (κ2) is 6.03. The standard InChI is InChI=1S/C14H14BrN3O2S/c15-11-7-10(13(19)20)8-12(9-11)17-2-4-18(5-3-17)14-16-1-6-21-14/h1,6-9H,2-5H2,(H,19,20). The van der Waals surface area contributed by atoms with E-state index in [1.165, 1.54) is 0 Å². The van der Waals surface area contributed by atoms with Crippen molar-refractivity contribution < 1.29 is 9.90 Å². The molecule has 0 saturated carbocycles. The number of hydrogen-bond donors (Lipinski definition) is 1. The molecule has 0 radical (unpaired) electrons. The number of halogens is 1. The highest BCUT2D eigenvalue weighted by Gasteiger charge is 2.20. The van der Waals surface area contributed by atoms with Crippen LogP contribution in [0.2, 0.25) is 0 Å². The molecular weight excluding hydrogens is 354 g/mol. The van der Waals surface area contributed by atoms with Gasteiger partial charge in [0.2, 0.25) is 0 Å². The fourth-order valence-electron chi connectivity index (χ4n) is 2.41. The summed E-state index contributed by atoms with van der Waals surface area (Å²) in [5.74, 6) is -0.904. The topological polar surface area (TPSA) is 56.7 Å². The van der Waals surface area contributed by atoms with Gasteiger partial charge < -0.3 is 14.9 Å². The third-order valence-electron chi connectivity index (χ3n) is 3.46. The number of thiazole rings is 1. The second-order valence-corrected chi connectivity index (χ2v) is 6.58. The fraction of sp³-hybridized carbons (Fsp3) is 0.286. The Hall–Kier alpha value is -1.60. The molecule has 0 aliphatic carbocycles. The molecule has 1 saturated heterocycles. The van der Waals surface area contributed by atoms with Gasteiger partial charge in [-0.3, -0.25) is 0 Å². The second-order valence-electron chi connectivity index (χ2n) is 4.79. The van der Waals surface area contributed by atoms with Crippen LogP contribution in [0.5, 0.6) is 0 Å². The van der Waals surface area contributed by atoms with E-state index in [0.29, 0.717) is 5.56 Å². The van der Waals surface area contributed by atoms with Crippen molar-refractivity contribution >= 4 is 44.1 Å². The molecule has 1 fully saturated rings. The van der Waals surface area contributed by atoms with Crippen molar-refractivity contribution in [2.45, 2.75) is 0 Å². The number of rotatable bonds is 3. The lowest BCUT2D eigenvalue weighted by atomic mass is 10.1. The third kappa shape index (κ3) is 3.19. The number of carbonyl (C=O) groups is 1. The molecule has 2 heterocycles. The maximum atomic E-state index is 11.1. The summed E-state index contributed by atoms with van der Waals surface area (Å²) in [6, 6.07) is 5.31. The Morgan fingerprint density at radius 2 is 1.90 bits per heavy atom. The third-order valence-corrected chi connectivity index (χ3v) is 4.75. The lowest BCUT2D eigenvalue weighted by Gasteiger charge is -2.36. The molecule has 1 N–H and O–H groups in total. The predicted octanol–water partition coefficient (Wildman–Crippen LogP) is 2.93. The van der Waals surface area contributed by atoms with E-state index in [0.717, 1.165) is 41.5 Å². The Bertz CT molecular complexity index is 640. The lowest BCUT2D eigenvalue weighted by Crippen LogP contribution is -2.46. The number of nitrogens with zero attached hydrogens (tertiary/aromatic N) is 3. The van der Waals surface area contributed by atoms with Crippen molar-refractivity contribution in [3.05, 3.63) is 39.8 Å². The SMILES string of the molecule is O=C(O)c1cc(Br)cc(N2CCN(c3nccs3)CC2)c1. The lowest BCUT2D eigenvalue weighted by molar-refractivity contribution is 0.0697. The first-order valence-corrected chi connectivity index (χ1v) is 8.24. The van der Waals surface area contributed by atoms with Gasteiger partial charge in [-0.15, -0.1) is 11.3 Å². The van der Waals surface area contributed by atoms with E-state index in [-0.39, 0.29) is 0 Å². The summed E-state index contributed by atoms with van der Waals surface area (Å²) in [6.45, 7) is 3.50. The van der Waals surface area contributed by atoms with E-state index >= 15 is 0 Å². The van der Waals surface area contributed by atoms with Crippen LogP contribution < -0.4 is 9.80 Å². The largest absolute Gasteiger partial charge is 0.478 e. The minimum atomic E-state index is -0.904. The van der Waals surface area contributed by atoms with Crippen LogP contribution in [-0.4, -0.2) is 42.2 Å². The minimum Gasteiger partial charge on any atom is -0.478 e. The highest BCUT2D eigenvalue weighted by atomic mass is 79.9. The van der Waals surface area contributed by atoms with E-state index in [2.05, 4.69) is 30.7 Å². The summed E-state index contributed by atoms with van der Waals surface area (Å²) in [5, 5.41) is 12.2. The quantitative estimate of drug-likeness (QED) is 0.903. The first-order valence-electron chi connectivity index (χ1n) is 6.57. The van der Waals surface area contributed by atoms with Crippen molar-refractivity contribution in [2.75, 3.05) is 36.0 Å². The average molecular weight is 368 g/mol. The van der Waals surface area contributed by atoms with Gasteiger partial charge in [0, 0.05) is 47.9 Å². The van der Waals surface area contributed by atoms with Crippen LogP contribution in [-0.2, 0) is 0 Å². The molecule has 21 heavy (non-hydrogen) atoms. The van der Waals surface area contributed by atoms with Crippen molar-refractivity contribution in [1.29, 1.82) is 0 Å². The Balaban J connectivity index is 1.73. The van der Waals surface area contributed by atoms with E-state index in [4.69, 9.17) is 5.11 Å². The van der Waals surface area contributed by atoms with E-state index < -0.39 is 5.97 Å². The molecule has 0 spiro atoms. The summed E-state index contributed by atoms with van der Waals surface area (Å²) in [5.41, 5.74) is 1.25. The maximum absolute atomic E-state index is 11.1. The van der Waals surface area contributed by atoms with E-state index in [1.54, 1.807) is 23.5 Å². The van der Waals surface area contributed by atoms with Crippen molar-refractivity contribution in [2.24, 2.45) is 0 Å². The van der Waals surface area contributed by atoms with Gasteiger partial charge >= 0.3 is 5.97 Å². The molecule has 2 aromatic rings. The van der Waals surface area contributed by atoms with Gasteiger partial charge in [0.05, 0.1) is 5.56 Å². The van der Waals surface area contributed by atoms with Crippen LogP contribution in [0.25, 0.3) is 0 Å². The van der Waals surface area contributed by atoms with Crippen LogP contribution in [0.4, 0.5) is 10.8 Å². The van der Waals surface area contributed by atoms with E-state index in [9.17, 15) is 4.79 Å². The summed E-state index contributed by atoms with van der Waals surface area (Å²) < 4.78 is 0.791. The number of aromatic carboxylic acids is 1. The summed E-state index contributed by atoms with van der Waals surface area (Å²) in [4.78, 5) is 19.9. The molecule has 5 nitrogen and oxygen atoms in total. The molecule has 1 aromatic heterocycles. The van der Waals surface area contributed by atoms with Crippen molar-refractivity contribution in [3.63, 3.8) is 0 Å². The summed E-state index contributed by atoms with van der Waals surface area (Å²) >= 11 is 5.03. The van der Waals surface area contributed by atoms with Crippen LogP contribution >= 0.6 is 27.3 Å². The fourth-order valence-corrected chi connectivity index (χ4v) is 3.59. The Morgan fingerprint density at radius 3 is 2.52 bits per heavy atom. The molecule has 1 aliphatic heterocycles. The smallest absolute Gasteiger partial charge is 0.335 e. The van der Waals surface area contributed by atoms with Gasteiger partial charge in [-0.1, -0.05) is 15.9 Å². The van der Waals surface area contributed by atoms with Crippen LogP contribution in [0, 0.1) is 0 Å². The first-order chi connectivity index (χ1) is 10.1. The molecule has 1 aromatic carbocycles. The Labute approximate surface area is 135 Å². The van der Waals surface area contributed by atoms with Gasteiger partial charge in [0.15, 0.2) is 5.13 Å². The van der Waals surface area contributed by atoms with Gasteiger partial charge in [0.25, 0.3) is 0 Å². The molecule has 7 heteroatoms. The highest BCUT2D eigenvalue weighted by molar-refractivity contribution is 9.10. The zero-order chi connectivity index (χ0) is 14.8. The monoisotopic (exact) mass is 367 g/mol. The number of aromatic nitrogens is 1. The number of anilines is 2. The van der Waals surface area contributed by atoms with Crippen molar-refractivity contribution in [3.8, 4) is 0 Å². The molecule has 110 valence electrons. The predicted molar refractivity (Wildman–Crippen MR) is 87.6 cm³/mol. The van der Waals surface area contributed by atoms with Crippen LogP contribution in [0.15, 0.2) is 34.2 Å². The number of benzene rings is 1. The Kier molecular flexibility index (Phi) is 4.12. The molecular formula is C14H14BrN3O2S. The highest BCUT2D eigenvalue weighted by Crippen LogP contribution is 2.26. The molecule has 1 aliphatic rings. The number of carboxylic acid groups (broad SMARTS) is 1. The number of piperazine rings is 1. The number of carboxylic acids is 1. The van der Waals surface area contributed by atoms with E-state index in [1.807, 2.05) is 17.6 Å². The molecule has 0 amide bonds. The minimum absolute atomic E-state index is 0.307. The number of hydrogen-bond acceptors (Lipinski definition) is 5. The van der Waals surface area contributed by atoms with Crippen LogP contribution in [0.1, 0.15) is 10.4 Å². The zero-order valence-electron chi connectivity index (χ0n) is 11.2. The zero-order valence-corrected chi connectivity index (χ0v) is 13.6. The Morgan fingerprint density at radius 1 is 1.19 bits per heavy atom. The van der Waals surface area contributed by atoms with Crippen molar-refractivity contribution in [1.82, 2.24) is 4.98 Å². The summed E-state index contributed by atoms with van der Waals surface area (Å²) in [7, 11) is 0. The first kappa shape index (κ1) is 14.3. The normalized spacial score (nSPS) is 15.3. The molecule has 0 unspecified atom stereocenters. The van der Waals surface area contributed by atoms with Gasteiger partial charge in [-0.25, -0.2) is 9.78 Å². The molecule has 0 atom stereocenters. The maximum Gasteiger partial charge on any atom is 0.335 e. The average Bonchev–Trinajstić information content (AvgIpc) is 3.01. The summed E-state index contributed by atoms with van der Waals surface area (Å²) in [6.07, 6.45) is 1.82. The molecule has 3 rings (SSSR count). The van der Waals surface area contributed by atoms with Gasteiger partial charge in [-0.05, 0) is 18.2 Å².